The fourth-order valence-corrected chi connectivity index (χ4v) is 2.94. The summed E-state index contributed by atoms with van der Waals surface area (Å²) < 4.78 is 27.5. The van der Waals surface area contributed by atoms with Crippen molar-refractivity contribution >= 4 is 13.5 Å². The number of hydrogen-bond acceptors (Lipinski definition) is 5. The van der Waals surface area contributed by atoms with Crippen molar-refractivity contribution in [1.29, 1.82) is 0 Å². The molecule has 0 atom stereocenters. The molecule has 0 fully saturated rings. The summed E-state index contributed by atoms with van der Waals surface area (Å²) in [6.45, 7) is 9.91. The SMILES string of the molecule is C=CCC/C(CCCCCCC)=N/OP(=O)(OCC)OCC. The topological polar surface area (TPSA) is 57.1 Å². The van der Waals surface area contributed by atoms with Gasteiger partial charge in [0.15, 0.2) is 0 Å². The second kappa shape index (κ2) is 14.0. The molecule has 0 aromatic carbocycles. The van der Waals surface area contributed by atoms with E-state index in [1.165, 1.54) is 25.7 Å². The molecule has 0 heterocycles. The van der Waals surface area contributed by atoms with Gasteiger partial charge in [0.05, 0.1) is 18.9 Å². The van der Waals surface area contributed by atoms with Gasteiger partial charge in [-0.25, -0.2) is 4.57 Å². The van der Waals surface area contributed by atoms with Crippen LogP contribution in [0.3, 0.4) is 0 Å². The monoisotopic (exact) mass is 333 g/mol. The van der Waals surface area contributed by atoms with Crippen LogP contribution in [-0.2, 0) is 18.2 Å². The maximum Gasteiger partial charge on any atom is 0.550 e. The molecule has 0 aliphatic rings. The third-order valence-electron chi connectivity index (χ3n) is 3.05. The summed E-state index contributed by atoms with van der Waals surface area (Å²) in [6, 6.07) is 0. The molecule has 22 heavy (non-hydrogen) atoms. The Labute approximate surface area is 135 Å². The lowest BCUT2D eigenvalue weighted by molar-refractivity contribution is 0.124. The molecule has 0 rings (SSSR count). The second-order valence-electron chi connectivity index (χ2n) is 5.01. The highest BCUT2D eigenvalue weighted by molar-refractivity contribution is 7.48. The number of nitrogens with zero attached hydrogens (tertiary/aromatic N) is 1. The van der Waals surface area contributed by atoms with Gasteiger partial charge in [0.2, 0.25) is 0 Å². The summed E-state index contributed by atoms with van der Waals surface area (Å²) in [4.78, 5) is 0. The molecule has 0 radical (unpaired) electrons. The average molecular weight is 333 g/mol. The number of hydrogen-bond donors (Lipinski definition) is 0. The van der Waals surface area contributed by atoms with Gasteiger partial charge in [-0.2, -0.15) is 0 Å². The van der Waals surface area contributed by atoms with E-state index in [1.807, 2.05) is 6.08 Å². The Morgan fingerprint density at radius 1 is 1.05 bits per heavy atom. The fourth-order valence-electron chi connectivity index (χ4n) is 1.93. The van der Waals surface area contributed by atoms with Crippen LogP contribution in [0.15, 0.2) is 17.8 Å². The van der Waals surface area contributed by atoms with Crippen LogP contribution in [0.1, 0.15) is 72.1 Å². The first-order chi connectivity index (χ1) is 10.6. The summed E-state index contributed by atoms with van der Waals surface area (Å²) in [5.41, 5.74) is 0.885. The van der Waals surface area contributed by atoms with E-state index in [4.69, 9.17) is 13.7 Å². The van der Waals surface area contributed by atoms with Crippen molar-refractivity contribution in [2.45, 2.75) is 72.1 Å². The molecule has 0 N–H and O–H groups in total. The van der Waals surface area contributed by atoms with Gasteiger partial charge < -0.3 is 0 Å². The molecule has 0 bridgehead atoms. The van der Waals surface area contributed by atoms with E-state index in [2.05, 4.69) is 18.7 Å². The lowest BCUT2D eigenvalue weighted by Crippen LogP contribution is -2.02. The van der Waals surface area contributed by atoms with Gasteiger partial charge in [-0.15, -0.1) is 6.58 Å². The van der Waals surface area contributed by atoms with Crippen LogP contribution in [0.25, 0.3) is 0 Å². The van der Waals surface area contributed by atoms with Gasteiger partial charge in [0.1, 0.15) is 0 Å². The van der Waals surface area contributed by atoms with E-state index in [-0.39, 0.29) is 13.2 Å². The molecule has 0 aliphatic carbocycles. The lowest BCUT2D eigenvalue weighted by atomic mass is 10.1. The highest BCUT2D eigenvalue weighted by Crippen LogP contribution is 2.49. The molecule has 0 saturated heterocycles. The maximum atomic E-state index is 12.2. The van der Waals surface area contributed by atoms with Crippen LogP contribution < -0.4 is 0 Å². The van der Waals surface area contributed by atoms with Crippen molar-refractivity contribution in [1.82, 2.24) is 0 Å². The lowest BCUT2D eigenvalue weighted by Gasteiger charge is -2.14. The number of phosphoric ester groups is 1. The molecule has 0 aliphatic heterocycles. The van der Waals surface area contributed by atoms with Crippen LogP contribution in [0, 0.1) is 0 Å². The van der Waals surface area contributed by atoms with Crippen molar-refractivity contribution in [3.63, 3.8) is 0 Å². The van der Waals surface area contributed by atoms with Crippen molar-refractivity contribution < 1.29 is 18.2 Å². The first-order valence-corrected chi connectivity index (χ1v) is 9.82. The Hall–Kier alpha value is -0.640. The third-order valence-corrected chi connectivity index (χ3v) is 4.48. The number of rotatable bonds is 15. The molecule has 6 heteroatoms. The highest BCUT2D eigenvalue weighted by atomic mass is 31.2. The van der Waals surface area contributed by atoms with E-state index in [9.17, 15) is 4.57 Å². The molecule has 0 aromatic rings. The van der Waals surface area contributed by atoms with E-state index in [0.29, 0.717) is 0 Å². The second-order valence-corrected chi connectivity index (χ2v) is 6.59. The summed E-state index contributed by atoms with van der Waals surface area (Å²) in [5.74, 6) is 0. The summed E-state index contributed by atoms with van der Waals surface area (Å²) >= 11 is 0. The Morgan fingerprint density at radius 3 is 2.23 bits per heavy atom. The zero-order chi connectivity index (χ0) is 16.7. The number of phosphoric acid groups is 1. The summed E-state index contributed by atoms with van der Waals surface area (Å²) in [6.07, 6.45) is 10.2. The molecule has 0 spiro atoms. The standard InChI is InChI=1S/C16H32NO4P/c1-5-9-11-12-13-15-16(14-10-6-2)17-21-22(18,19-7-3)20-8-4/h6H,2,5,7-15H2,1,3-4H3/b17-16-. The Morgan fingerprint density at radius 2 is 1.68 bits per heavy atom. The van der Waals surface area contributed by atoms with Gasteiger partial charge in [-0.3, -0.25) is 13.7 Å². The van der Waals surface area contributed by atoms with Crippen molar-refractivity contribution in [3.05, 3.63) is 12.7 Å². The van der Waals surface area contributed by atoms with Crippen molar-refractivity contribution in [2.75, 3.05) is 13.2 Å². The molecule has 0 saturated carbocycles. The van der Waals surface area contributed by atoms with Gasteiger partial charge in [-0.05, 0) is 39.5 Å². The number of oxime groups is 1. The smallest absolute Gasteiger partial charge is 0.292 e. The zero-order valence-corrected chi connectivity index (χ0v) is 15.3. The summed E-state index contributed by atoms with van der Waals surface area (Å²) in [5, 5.41) is 4.04. The van der Waals surface area contributed by atoms with E-state index in [0.717, 1.165) is 31.4 Å². The zero-order valence-electron chi connectivity index (χ0n) is 14.4. The van der Waals surface area contributed by atoms with Crippen LogP contribution in [0.5, 0.6) is 0 Å². The van der Waals surface area contributed by atoms with Crippen LogP contribution in [0.2, 0.25) is 0 Å². The fraction of sp³-hybridized carbons (Fsp3) is 0.812. The first kappa shape index (κ1) is 21.4. The first-order valence-electron chi connectivity index (χ1n) is 8.36. The van der Waals surface area contributed by atoms with Gasteiger partial charge >= 0.3 is 7.82 Å². The number of allylic oxidation sites excluding steroid dienone is 1. The number of unbranched alkanes of at least 4 members (excludes halogenated alkanes) is 4. The Balaban J connectivity index is 4.49. The average Bonchev–Trinajstić information content (AvgIpc) is 2.49. The van der Waals surface area contributed by atoms with E-state index in [1.54, 1.807) is 13.8 Å². The minimum Gasteiger partial charge on any atom is -0.292 e. The molecule has 0 amide bonds. The van der Waals surface area contributed by atoms with Crippen molar-refractivity contribution in [2.24, 2.45) is 5.16 Å². The van der Waals surface area contributed by atoms with E-state index < -0.39 is 7.82 Å². The van der Waals surface area contributed by atoms with Crippen molar-refractivity contribution in [3.8, 4) is 0 Å². The Kier molecular flexibility index (Phi) is 13.6. The van der Waals surface area contributed by atoms with E-state index >= 15 is 0 Å². The minimum absolute atomic E-state index is 0.256. The largest absolute Gasteiger partial charge is 0.550 e. The minimum atomic E-state index is -3.57. The van der Waals surface area contributed by atoms with Crippen LogP contribution >= 0.6 is 7.82 Å². The van der Waals surface area contributed by atoms with Gasteiger partial charge in [0.25, 0.3) is 0 Å². The van der Waals surface area contributed by atoms with Gasteiger partial charge in [0, 0.05) is 0 Å². The van der Waals surface area contributed by atoms with Gasteiger partial charge in [-0.1, -0.05) is 43.8 Å². The molecular formula is C16H32NO4P. The Bertz CT molecular complexity index is 348. The third kappa shape index (κ3) is 11.0. The maximum absolute atomic E-state index is 12.2. The van der Waals surface area contributed by atoms with Crippen LogP contribution in [-0.4, -0.2) is 18.9 Å². The molecule has 0 unspecified atom stereocenters. The molecule has 0 aromatic heterocycles. The van der Waals surface area contributed by atoms with Crippen LogP contribution in [0.4, 0.5) is 0 Å². The molecular weight excluding hydrogens is 301 g/mol. The predicted molar refractivity (Wildman–Crippen MR) is 92.2 cm³/mol. The summed E-state index contributed by atoms with van der Waals surface area (Å²) in [7, 11) is -3.57. The predicted octanol–water partition coefficient (Wildman–Crippen LogP) is 5.87. The quantitative estimate of drug-likeness (QED) is 0.124. The normalized spacial score (nSPS) is 12.4. The highest BCUT2D eigenvalue weighted by Gasteiger charge is 2.27. The molecule has 5 nitrogen and oxygen atoms in total. The molecule has 130 valence electrons.